The number of nitrogens with one attached hydrogen (secondary N) is 3. The average molecular weight is 297 g/mol. The highest BCUT2D eigenvalue weighted by Crippen LogP contribution is 2.26. The van der Waals surface area contributed by atoms with Crippen molar-refractivity contribution in [2.75, 3.05) is 5.43 Å². The summed E-state index contributed by atoms with van der Waals surface area (Å²) in [6, 6.07) is 13.0. The molecule has 0 radical (unpaired) electrons. The number of aromatic nitrogens is 1. The van der Waals surface area contributed by atoms with E-state index in [-0.39, 0.29) is 0 Å². The van der Waals surface area contributed by atoms with E-state index < -0.39 is 6.03 Å². The summed E-state index contributed by atoms with van der Waals surface area (Å²) >= 11 is 1.61. The molecular weight excluding hydrogens is 286 g/mol. The Morgan fingerprint density at radius 1 is 1.14 bits per heavy atom. The molecule has 0 saturated carbocycles. The normalized spacial score (nSPS) is 10.3. The lowest BCUT2D eigenvalue weighted by Crippen LogP contribution is -2.25. The molecule has 0 unspecified atom stereocenters. The van der Waals surface area contributed by atoms with Gasteiger partial charge in [0.15, 0.2) is 0 Å². The second-order valence-corrected chi connectivity index (χ2v) is 5.17. The van der Waals surface area contributed by atoms with Crippen LogP contribution in [0.5, 0.6) is 0 Å². The van der Waals surface area contributed by atoms with Crippen LogP contribution in [0.15, 0.2) is 53.1 Å². The van der Waals surface area contributed by atoms with Gasteiger partial charge in [-0.05, 0) is 35.4 Å². The smallest absolute Gasteiger partial charge is 0.297 e. The minimum absolute atomic E-state index is 0.717. The molecule has 3 N–H and O–H groups in total. The number of hydrazine groups is 1. The quantitative estimate of drug-likeness (QED) is 0.503. The van der Waals surface area contributed by atoms with E-state index in [2.05, 4.69) is 27.0 Å². The van der Waals surface area contributed by atoms with E-state index in [0.717, 1.165) is 27.0 Å². The van der Waals surface area contributed by atoms with E-state index in [9.17, 15) is 4.79 Å². The van der Waals surface area contributed by atoms with Gasteiger partial charge in [0.05, 0.1) is 21.4 Å². The molecule has 0 saturated heterocycles. The first-order valence-electron chi connectivity index (χ1n) is 6.13. The minimum Gasteiger partial charge on any atom is -0.297 e. The molecule has 0 fully saturated rings. The van der Waals surface area contributed by atoms with Gasteiger partial charge in [0.1, 0.15) is 0 Å². The van der Waals surface area contributed by atoms with Crippen molar-refractivity contribution in [3.63, 3.8) is 0 Å². The van der Waals surface area contributed by atoms with Crippen molar-refractivity contribution in [1.29, 1.82) is 5.53 Å². The highest BCUT2D eigenvalue weighted by Gasteiger charge is 2.02. The third-order valence-electron chi connectivity index (χ3n) is 2.96. The maximum Gasteiger partial charge on any atom is 0.377 e. The molecule has 0 bridgehead atoms. The summed E-state index contributed by atoms with van der Waals surface area (Å²) in [6.45, 7) is 0. The third kappa shape index (κ3) is 2.87. The van der Waals surface area contributed by atoms with Crippen LogP contribution in [0.1, 0.15) is 0 Å². The Balaban J connectivity index is 1.79. The van der Waals surface area contributed by atoms with Gasteiger partial charge in [0.25, 0.3) is 0 Å². The molecule has 104 valence electrons. The van der Waals surface area contributed by atoms with Gasteiger partial charge >= 0.3 is 6.03 Å². The number of carbonyl (C=O) groups excluding carboxylic acids is 1. The van der Waals surface area contributed by atoms with Gasteiger partial charge in [-0.15, -0.1) is 11.3 Å². The van der Waals surface area contributed by atoms with Gasteiger partial charge < -0.3 is 0 Å². The van der Waals surface area contributed by atoms with E-state index in [1.807, 2.05) is 41.9 Å². The predicted molar refractivity (Wildman–Crippen MR) is 82.4 cm³/mol. The monoisotopic (exact) mass is 297 g/mol. The van der Waals surface area contributed by atoms with Crippen molar-refractivity contribution in [2.45, 2.75) is 0 Å². The maximum atomic E-state index is 10.8. The van der Waals surface area contributed by atoms with E-state index in [1.165, 1.54) is 0 Å². The molecule has 0 aliphatic heterocycles. The molecule has 1 heterocycles. The van der Waals surface area contributed by atoms with Gasteiger partial charge in [-0.1, -0.05) is 23.3 Å². The third-order valence-corrected chi connectivity index (χ3v) is 3.76. The molecule has 0 aliphatic rings. The van der Waals surface area contributed by atoms with Crippen molar-refractivity contribution >= 4 is 33.3 Å². The fourth-order valence-electron chi connectivity index (χ4n) is 1.93. The number of hydrogen-bond donors (Lipinski definition) is 3. The number of hydrogen-bond acceptors (Lipinski definition) is 5. The summed E-state index contributed by atoms with van der Waals surface area (Å²) in [5, 5.41) is 2.73. The lowest BCUT2D eigenvalue weighted by molar-refractivity contribution is 0.249. The van der Waals surface area contributed by atoms with Crippen molar-refractivity contribution in [2.24, 2.45) is 5.11 Å². The van der Waals surface area contributed by atoms with Gasteiger partial charge in [0.2, 0.25) is 0 Å². The summed E-state index contributed by atoms with van der Waals surface area (Å²) in [5.74, 6) is 0. The lowest BCUT2D eigenvalue weighted by atomic mass is 10.1. The maximum absolute atomic E-state index is 10.8. The number of rotatable bonds is 3. The molecule has 7 heteroatoms. The first kappa shape index (κ1) is 13.2. The lowest BCUT2D eigenvalue weighted by Gasteiger charge is -2.07. The first-order chi connectivity index (χ1) is 10.3. The predicted octanol–water partition coefficient (Wildman–Crippen LogP) is 4.03. The average Bonchev–Trinajstić information content (AvgIpc) is 3.00. The van der Waals surface area contributed by atoms with Gasteiger partial charge in [0, 0.05) is 0 Å². The number of nitrogens with zero attached hydrogens (tertiary/aromatic N) is 2. The highest BCUT2D eigenvalue weighted by atomic mass is 32.1. The number of amides is 2. The molecular formula is C14H11N5OS. The fourth-order valence-corrected chi connectivity index (χ4v) is 2.65. The fraction of sp³-hybridized carbons (Fsp3) is 0. The van der Waals surface area contributed by atoms with Crippen molar-refractivity contribution in [1.82, 2.24) is 10.4 Å². The number of thiazole rings is 1. The number of benzene rings is 2. The standard InChI is InChI=1S/C14H11N5OS/c15-17-14(20)19-18-11-4-1-9(2-5-11)10-3-6-12-13(7-10)21-8-16-12/h1-8,15,18H,(H,19,20). The highest BCUT2D eigenvalue weighted by molar-refractivity contribution is 7.16. The van der Waals surface area contributed by atoms with Crippen LogP contribution in [0.3, 0.4) is 0 Å². The van der Waals surface area contributed by atoms with Crippen molar-refractivity contribution in [3.05, 3.63) is 48.0 Å². The Kier molecular flexibility index (Phi) is 3.57. The molecule has 0 atom stereocenters. The first-order valence-corrected chi connectivity index (χ1v) is 7.01. The van der Waals surface area contributed by atoms with Crippen LogP contribution in [0.25, 0.3) is 21.3 Å². The number of carbonyl (C=O) groups is 1. The molecule has 2 aromatic carbocycles. The largest absolute Gasteiger partial charge is 0.377 e. The van der Waals surface area contributed by atoms with Crippen LogP contribution >= 0.6 is 11.3 Å². The molecule has 2 amide bonds. The number of anilines is 1. The van der Waals surface area contributed by atoms with Crippen LogP contribution < -0.4 is 10.9 Å². The van der Waals surface area contributed by atoms with Gasteiger partial charge in [-0.25, -0.2) is 15.2 Å². The Morgan fingerprint density at radius 3 is 2.67 bits per heavy atom. The van der Waals surface area contributed by atoms with Crippen LogP contribution in [0.2, 0.25) is 0 Å². The summed E-state index contributed by atoms with van der Waals surface area (Å²) in [7, 11) is 0. The zero-order chi connectivity index (χ0) is 14.7. The Bertz CT molecular complexity index is 796. The van der Waals surface area contributed by atoms with E-state index in [1.54, 1.807) is 11.3 Å². The van der Waals surface area contributed by atoms with Crippen LogP contribution in [0, 0.1) is 5.53 Å². The van der Waals surface area contributed by atoms with E-state index >= 15 is 0 Å². The van der Waals surface area contributed by atoms with Crippen molar-refractivity contribution < 1.29 is 4.79 Å². The summed E-state index contributed by atoms with van der Waals surface area (Å²) in [5.41, 5.74) is 17.2. The zero-order valence-electron chi connectivity index (χ0n) is 10.8. The van der Waals surface area contributed by atoms with E-state index in [0.29, 0.717) is 0 Å². The molecule has 0 aliphatic carbocycles. The molecule has 21 heavy (non-hydrogen) atoms. The number of urea groups is 1. The Labute approximate surface area is 124 Å². The summed E-state index contributed by atoms with van der Waals surface area (Å²) < 4.78 is 1.15. The van der Waals surface area contributed by atoms with Crippen LogP contribution in [-0.2, 0) is 0 Å². The molecule has 3 aromatic rings. The van der Waals surface area contributed by atoms with E-state index in [4.69, 9.17) is 5.53 Å². The van der Waals surface area contributed by atoms with Gasteiger partial charge in [-0.2, -0.15) is 5.53 Å². The summed E-state index contributed by atoms with van der Waals surface area (Å²) in [4.78, 5) is 15.1. The second-order valence-electron chi connectivity index (χ2n) is 4.28. The summed E-state index contributed by atoms with van der Waals surface area (Å²) in [6.07, 6.45) is 0. The molecule has 6 nitrogen and oxygen atoms in total. The second kappa shape index (κ2) is 5.68. The molecule has 0 spiro atoms. The van der Waals surface area contributed by atoms with Crippen LogP contribution in [-0.4, -0.2) is 11.0 Å². The molecule has 1 aromatic heterocycles. The van der Waals surface area contributed by atoms with Gasteiger partial charge in [-0.3, -0.25) is 5.43 Å². The number of fused-ring (bicyclic) bond motifs is 1. The minimum atomic E-state index is -0.741. The Morgan fingerprint density at radius 2 is 1.90 bits per heavy atom. The molecule has 3 rings (SSSR count). The van der Waals surface area contributed by atoms with Crippen molar-refractivity contribution in [3.8, 4) is 11.1 Å². The topological polar surface area (TPSA) is 90.2 Å². The zero-order valence-corrected chi connectivity index (χ0v) is 11.6. The van der Waals surface area contributed by atoms with Crippen LogP contribution in [0.4, 0.5) is 10.5 Å². The SMILES string of the molecule is N=NC(=O)NNc1ccc(-c2ccc3ncsc3c2)cc1. The Hall–Kier alpha value is -2.80.